The van der Waals surface area contributed by atoms with Crippen molar-refractivity contribution < 1.29 is 9.53 Å². The van der Waals surface area contributed by atoms with Crippen LogP contribution in [-0.4, -0.2) is 29.8 Å². The van der Waals surface area contributed by atoms with E-state index in [1.165, 1.54) is 0 Å². The van der Waals surface area contributed by atoms with Gasteiger partial charge in [-0.2, -0.15) is 0 Å². The molecule has 0 aliphatic carbocycles. The van der Waals surface area contributed by atoms with E-state index in [0.717, 1.165) is 33.0 Å². The third-order valence-corrected chi connectivity index (χ3v) is 5.46. The summed E-state index contributed by atoms with van der Waals surface area (Å²) in [4.78, 5) is 17.2. The second-order valence-electron chi connectivity index (χ2n) is 8.14. The molecule has 1 amide bonds. The minimum atomic E-state index is -0.533. The van der Waals surface area contributed by atoms with Crippen molar-refractivity contribution in [2.24, 2.45) is 5.92 Å². The van der Waals surface area contributed by atoms with Crippen molar-refractivity contribution in [2.75, 3.05) is 13.1 Å². The summed E-state index contributed by atoms with van der Waals surface area (Å²) in [6.07, 6.45) is 2.28. The number of hydrogen-bond acceptors (Lipinski definition) is 4. The van der Waals surface area contributed by atoms with Crippen LogP contribution in [0.5, 0.6) is 0 Å². The van der Waals surface area contributed by atoms with E-state index in [1.54, 1.807) is 0 Å². The molecule has 140 valence electrons. The summed E-state index contributed by atoms with van der Waals surface area (Å²) in [7, 11) is 0. The van der Waals surface area contributed by atoms with Gasteiger partial charge in [-0.05, 0) is 79.9 Å². The molecule has 2 atom stereocenters. The highest BCUT2D eigenvalue weighted by Gasteiger charge is 2.40. The van der Waals surface area contributed by atoms with E-state index in [-0.39, 0.29) is 6.09 Å². The Balaban J connectivity index is 2.08. The third-order valence-electron chi connectivity index (χ3n) is 4.59. The van der Waals surface area contributed by atoms with Crippen LogP contribution in [0.1, 0.15) is 39.7 Å². The lowest BCUT2D eigenvalue weighted by molar-refractivity contribution is 0.0416. The molecule has 1 fully saturated rings. The standard InChI is InChI=1S/C20H26IN3O2/c1-13-10-20(12-22-11-13,24-18(25)26-19(2,3)4)15-7-8-16(21)17-14(15)6-5-9-23-17/h5-9,13,22H,10-12H2,1-4H3,(H,24,25)/t13-,20-/m0/s1. The van der Waals surface area contributed by atoms with E-state index in [1.807, 2.05) is 33.0 Å². The first kappa shape index (κ1) is 19.4. The number of benzene rings is 1. The molecule has 3 rings (SSSR count). The molecule has 0 bridgehead atoms. The lowest BCUT2D eigenvalue weighted by Crippen LogP contribution is -2.58. The number of rotatable bonds is 2. The Morgan fingerprint density at radius 1 is 1.38 bits per heavy atom. The minimum absolute atomic E-state index is 0.385. The van der Waals surface area contributed by atoms with Crippen LogP contribution >= 0.6 is 22.6 Å². The zero-order valence-corrected chi connectivity index (χ0v) is 17.9. The molecule has 5 nitrogen and oxygen atoms in total. The van der Waals surface area contributed by atoms with Gasteiger partial charge in [-0.1, -0.05) is 19.1 Å². The van der Waals surface area contributed by atoms with Gasteiger partial charge in [0.2, 0.25) is 0 Å². The van der Waals surface area contributed by atoms with Gasteiger partial charge >= 0.3 is 6.09 Å². The number of halogens is 1. The molecule has 26 heavy (non-hydrogen) atoms. The Bertz CT molecular complexity index is 818. The Kier molecular flexibility index (Phi) is 5.44. The number of aromatic nitrogens is 1. The topological polar surface area (TPSA) is 63.2 Å². The summed E-state index contributed by atoms with van der Waals surface area (Å²) < 4.78 is 6.67. The predicted octanol–water partition coefficient (Wildman–Crippen LogP) is 4.19. The highest BCUT2D eigenvalue weighted by Crippen LogP contribution is 2.36. The largest absolute Gasteiger partial charge is 0.444 e. The normalized spacial score (nSPS) is 23.7. The lowest BCUT2D eigenvalue weighted by Gasteiger charge is -2.42. The van der Waals surface area contributed by atoms with Gasteiger partial charge in [0, 0.05) is 21.7 Å². The number of carbonyl (C=O) groups excluding carboxylic acids is 1. The Labute approximate surface area is 168 Å². The molecule has 2 aromatic rings. The Hall–Kier alpha value is -1.41. The van der Waals surface area contributed by atoms with Crippen molar-refractivity contribution in [3.63, 3.8) is 0 Å². The fourth-order valence-electron chi connectivity index (χ4n) is 3.69. The predicted molar refractivity (Wildman–Crippen MR) is 112 cm³/mol. The average Bonchev–Trinajstić information content (AvgIpc) is 2.53. The molecule has 1 aromatic carbocycles. The van der Waals surface area contributed by atoms with Crippen LogP contribution in [-0.2, 0) is 10.3 Å². The number of carbonyl (C=O) groups is 1. The van der Waals surface area contributed by atoms with Gasteiger partial charge in [0.15, 0.2) is 0 Å². The number of ether oxygens (including phenoxy) is 1. The molecule has 1 aliphatic rings. The summed E-state index contributed by atoms with van der Waals surface area (Å²) in [6.45, 7) is 9.45. The zero-order valence-electron chi connectivity index (χ0n) is 15.7. The zero-order chi connectivity index (χ0) is 18.9. The molecule has 0 saturated carbocycles. The number of pyridine rings is 1. The smallest absolute Gasteiger partial charge is 0.408 e. The molecular weight excluding hydrogens is 441 g/mol. The molecule has 6 heteroatoms. The van der Waals surface area contributed by atoms with Gasteiger partial charge < -0.3 is 15.4 Å². The summed E-state index contributed by atoms with van der Waals surface area (Å²) in [5, 5.41) is 7.75. The number of piperidine rings is 1. The van der Waals surface area contributed by atoms with Crippen LogP contribution in [0.15, 0.2) is 30.5 Å². The first-order valence-electron chi connectivity index (χ1n) is 8.96. The number of alkyl carbamates (subject to hydrolysis) is 1. The summed E-state index contributed by atoms with van der Waals surface area (Å²) >= 11 is 2.31. The van der Waals surface area contributed by atoms with E-state index in [2.05, 4.69) is 63.3 Å². The second kappa shape index (κ2) is 7.31. The molecular formula is C20H26IN3O2. The monoisotopic (exact) mass is 467 g/mol. The maximum Gasteiger partial charge on any atom is 0.408 e. The molecule has 0 radical (unpaired) electrons. The SMILES string of the molecule is C[C@@H]1CNC[C@](NC(=O)OC(C)(C)C)(c2ccc(I)c3ncccc23)C1. The number of nitrogens with one attached hydrogen (secondary N) is 2. The fourth-order valence-corrected chi connectivity index (χ4v) is 4.30. The van der Waals surface area contributed by atoms with Crippen LogP contribution in [0, 0.1) is 9.49 Å². The van der Waals surface area contributed by atoms with E-state index in [9.17, 15) is 4.79 Å². The summed E-state index contributed by atoms with van der Waals surface area (Å²) in [5.41, 5.74) is 1.00. The van der Waals surface area contributed by atoms with Crippen molar-refractivity contribution >= 4 is 39.6 Å². The number of nitrogens with zero attached hydrogens (tertiary/aromatic N) is 1. The third kappa shape index (κ3) is 4.11. The maximum absolute atomic E-state index is 12.6. The van der Waals surface area contributed by atoms with Crippen molar-refractivity contribution in [3.8, 4) is 0 Å². The molecule has 0 spiro atoms. The molecule has 2 heterocycles. The first-order chi connectivity index (χ1) is 12.2. The summed E-state index contributed by atoms with van der Waals surface area (Å²) in [6, 6.07) is 8.21. The van der Waals surface area contributed by atoms with Gasteiger partial charge in [-0.15, -0.1) is 0 Å². The molecule has 1 aliphatic heterocycles. The molecule has 1 aromatic heterocycles. The molecule has 1 saturated heterocycles. The van der Waals surface area contributed by atoms with Crippen LogP contribution in [0.2, 0.25) is 0 Å². The average molecular weight is 467 g/mol. The van der Waals surface area contributed by atoms with Crippen molar-refractivity contribution in [3.05, 3.63) is 39.6 Å². The lowest BCUT2D eigenvalue weighted by atomic mass is 9.77. The van der Waals surface area contributed by atoms with E-state index < -0.39 is 11.1 Å². The van der Waals surface area contributed by atoms with Crippen LogP contribution < -0.4 is 10.6 Å². The quantitative estimate of drug-likeness (QED) is 0.651. The Morgan fingerprint density at radius 2 is 2.15 bits per heavy atom. The molecule has 0 unspecified atom stereocenters. The highest BCUT2D eigenvalue weighted by molar-refractivity contribution is 14.1. The van der Waals surface area contributed by atoms with Crippen LogP contribution in [0.25, 0.3) is 10.9 Å². The van der Waals surface area contributed by atoms with Gasteiger partial charge in [0.25, 0.3) is 0 Å². The van der Waals surface area contributed by atoms with Gasteiger partial charge in [-0.3, -0.25) is 4.98 Å². The maximum atomic E-state index is 12.6. The van der Waals surface area contributed by atoms with Crippen molar-refractivity contribution in [1.82, 2.24) is 15.6 Å². The summed E-state index contributed by atoms with van der Waals surface area (Å²) in [5.74, 6) is 0.435. The minimum Gasteiger partial charge on any atom is -0.444 e. The number of fused-ring (bicyclic) bond motifs is 1. The fraction of sp³-hybridized carbons (Fsp3) is 0.500. The second-order valence-corrected chi connectivity index (χ2v) is 9.31. The highest BCUT2D eigenvalue weighted by atomic mass is 127. The van der Waals surface area contributed by atoms with E-state index in [0.29, 0.717) is 12.5 Å². The number of amides is 1. The van der Waals surface area contributed by atoms with E-state index >= 15 is 0 Å². The van der Waals surface area contributed by atoms with Gasteiger partial charge in [0.1, 0.15) is 5.60 Å². The number of hydrogen-bond donors (Lipinski definition) is 2. The van der Waals surface area contributed by atoms with Gasteiger partial charge in [-0.25, -0.2) is 4.79 Å². The van der Waals surface area contributed by atoms with Crippen LogP contribution in [0.4, 0.5) is 4.79 Å². The van der Waals surface area contributed by atoms with E-state index in [4.69, 9.17) is 4.74 Å². The van der Waals surface area contributed by atoms with Gasteiger partial charge in [0.05, 0.1) is 11.1 Å². The van der Waals surface area contributed by atoms with Crippen molar-refractivity contribution in [2.45, 2.75) is 45.3 Å². The first-order valence-corrected chi connectivity index (χ1v) is 10.0. The van der Waals surface area contributed by atoms with Crippen molar-refractivity contribution in [1.29, 1.82) is 0 Å². The Morgan fingerprint density at radius 3 is 2.85 bits per heavy atom. The molecule has 2 N–H and O–H groups in total. The van der Waals surface area contributed by atoms with Crippen LogP contribution in [0.3, 0.4) is 0 Å².